The molecule has 1 fully saturated rings. The summed E-state index contributed by atoms with van der Waals surface area (Å²) in [6, 6.07) is 0.152. The molecule has 1 rings (SSSR count). The molecule has 0 bridgehead atoms. The summed E-state index contributed by atoms with van der Waals surface area (Å²) in [6.07, 6.45) is 3.12. The molecule has 94 valence electrons. The van der Waals surface area contributed by atoms with Gasteiger partial charge in [0.2, 0.25) is 5.91 Å². The van der Waals surface area contributed by atoms with Gasteiger partial charge in [0.05, 0.1) is 6.61 Å². The zero-order valence-electron chi connectivity index (χ0n) is 10.4. The first kappa shape index (κ1) is 13.5. The highest BCUT2D eigenvalue weighted by Gasteiger charge is 2.35. The molecule has 4 heteroatoms. The average molecular weight is 228 g/mol. The molecule has 16 heavy (non-hydrogen) atoms. The van der Waals surface area contributed by atoms with Crippen LogP contribution in [0.25, 0.3) is 0 Å². The van der Waals surface area contributed by atoms with E-state index >= 15 is 0 Å². The van der Waals surface area contributed by atoms with Gasteiger partial charge in [-0.2, -0.15) is 0 Å². The van der Waals surface area contributed by atoms with E-state index in [1.165, 1.54) is 0 Å². The molecule has 1 saturated carbocycles. The number of amides is 1. The summed E-state index contributed by atoms with van der Waals surface area (Å²) in [4.78, 5) is 14.1. The van der Waals surface area contributed by atoms with Crippen LogP contribution in [0.15, 0.2) is 0 Å². The van der Waals surface area contributed by atoms with Crippen molar-refractivity contribution in [2.45, 2.75) is 39.2 Å². The van der Waals surface area contributed by atoms with E-state index in [9.17, 15) is 4.79 Å². The Bertz CT molecular complexity index is 227. The zero-order chi connectivity index (χ0) is 12.1. The van der Waals surface area contributed by atoms with Crippen molar-refractivity contribution in [3.63, 3.8) is 0 Å². The standard InChI is InChI=1S/C12H24N2O2/c1-9(2)14(6-7-15)12(16)11-5-3-4-10(11)8-13/h9-11,15H,3-8,13H2,1-2H3. The summed E-state index contributed by atoms with van der Waals surface area (Å²) in [7, 11) is 0. The number of rotatable bonds is 5. The number of nitrogens with zero attached hydrogens (tertiary/aromatic N) is 1. The van der Waals surface area contributed by atoms with E-state index in [1.54, 1.807) is 4.90 Å². The molecule has 0 aliphatic heterocycles. The first-order valence-corrected chi connectivity index (χ1v) is 6.23. The minimum absolute atomic E-state index is 0.0317. The van der Waals surface area contributed by atoms with Crippen LogP contribution in [0.3, 0.4) is 0 Å². The first-order chi connectivity index (χ1) is 7.61. The van der Waals surface area contributed by atoms with E-state index in [1.807, 2.05) is 13.8 Å². The number of hydrogen-bond donors (Lipinski definition) is 2. The van der Waals surface area contributed by atoms with Crippen molar-refractivity contribution in [2.75, 3.05) is 19.7 Å². The Morgan fingerprint density at radius 2 is 2.19 bits per heavy atom. The van der Waals surface area contributed by atoms with Gasteiger partial charge in [0.1, 0.15) is 0 Å². The van der Waals surface area contributed by atoms with Crippen LogP contribution in [0, 0.1) is 11.8 Å². The monoisotopic (exact) mass is 228 g/mol. The first-order valence-electron chi connectivity index (χ1n) is 6.23. The highest BCUT2D eigenvalue weighted by Crippen LogP contribution is 2.32. The molecule has 0 saturated heterocycles. The molecule has 0 heterocycles. The largest absolute Gasteiger partial charge is 0.395 e. The third kappa shape index (κ3) is 2.95. The van der Waals surface area contributed by atoms with Crippen LogP contribution < -0.4 is 5.73 Å². The van der Waals surface area contributed by atoms with Gasteiger partial charge in [0, 0.05) is 18.5 Å². The Balaban J connectivity index is 2.66. The van der Waals surface area contributed by atoms with Crippen LogP contribution >= 0.6 is 0 Å². The Labute approximate surface area is 97.8 Å². The second-order valence-electron chi connectivity index (χ2n) is 4.88. The molecule has 1 aliphatic carbocycles. The lowest BCUT2D eigenvalue weighted by molar-refractivity contribution is -0.138. The molecule has 1 aliphatic rings. The lowest BCUT2D eigenvalue weighted by Gasteiger charge is -2.30. The molecule has 0 aromatic carbocycles. The molecule has 0 radical (unpaired) electrons. The molecule has 1 amide bonds. The molecule has 4 nitrogen and oxygen atoms in total. The number of nitrogens with two attached hydrogens (primary N) is 1. The minimum atomic E-state index is 0.0317. The SMILES string of the molecule is CC(C)N(CCO)C(=O)C1CCCC1CN. The van der Waals surface area contributed by atoms with Crippen LogP contribution in [0.4, 0.5) is 0 Å². The molecule has 0 aromatic rings. The Hall–Kier alpha value is -0.610. The van der Waals surface area contributed by atoms with Crippen molar-refractivity contribution in [2.24, 2.45) is 17.6 Å². The molecular formula is C12H24N2O2. The van der Waals surface area contributed by atoms with Crippen molar-refractivity contribution >= 4 is 5.91 Å². The van der Waals surface area contributed by atoms with Gasteiger partial charge in [-0.05, 0) is 39.2 Å². The Kier molecular flexibility index (Phi) is 5.22. The Morgan fingerprint density at radius 3 is 2.69 bits per heavy atom. The maximum atomic E-state index is 12.3. The van der Waals surface area contributed by atoms with E-state index < -0.39 is 0 Å². The van der Waals surface area contributed by atoms with Gasteiger partial charge >= 0.3 is 0 Å². The van der Waals surface area contributed by atoms with E-state index in [0.29, 0.717) is 19.0 Å². The van der Waals surface area contributed by atoms with Gasteiger partial charge in [-0.15, -0.1) is 0 Å². The van der Waals surface area contributed by atoms with Crippen LogP contribution in [0.5, 0.6) is 0 Å². The van der Waals surface area contributed by atoms with Crippen molar-refractivity contribution in [1.29, 1.82) is 0 Å². The van der Waals surface area contributed by atoms with Crippen molar-refractivity contribution in [3.8, 4) is 0 Å². The number of hydrogen-bond acceptors (Lipinski definition) is 3. The van der Waals surface area contributed by atoms with E-state index in [4.69, 9.17) is 10.8 Å². The molecule has 2 unspecified atom stereocenters. The summed E-state index contributed by atoms with van der Waals surface area (Å²) in [5, 5.41) is 8.98. The molecular weight excluding hydrogens is 204 g/mol. The molecule has 0 spiro atoms. The third-order valence-electron chi connectivity index (χ3n) is 3.53. The zero-order valence-corrected chi connectivity index (χ0v) is 10.4. The van der Waals surface area contributed by atoms with Gasteiger partial charge in [-0.3, -0.25) is 4.79 Å². The summed E-state index contributed by atoms with van der Waals surface area (Å²) < 4.78 is 0. The number of aliphatic hydroxyl groups is 1. The van der Waals surface area contributed by atoms with E-state index in [0.717, 1.165) is 19.3 Å². The predicted octanol–water partition coefficient (Wildman–Crippen LogP) is 0.591. The Morgan fingerprint density at radius 1 is 1.50 bits per heavy atom. The van der Waals surface area contributed by atoms with Crippen molar-refractivity contribution in [1.82, 2.24) is 4.90 Å². The minimum Gasteiger partial charge on any atom is -0.395 e. The fourth-order valence-corrected chi connectivity index (χ4v) is 2.59. The van der Waals surface area contributed by atoms with Crippen LogP contribution in [-0.4, -0.2) is 41.7 Å². The molecule has 2 atom stereocenters. The number of aliphatic hydroxyl groups excluding tert-OH is 1. The summed E-state index contributed by atoms with van der Waals surface area (Å²) >= 11 is 0. The highest BCUT2D eigenvalue weighted by molar-refractivity contribution is 5.79. The van der Waals surface area contributed by atoms with Gasteiger partial charge in [0.25, 0.3) is 0 Å². The normalized spacial score (nSPS) is 25.1. The van der Waals surface area contributed by atoms with Gasteiger partial charge in [0.15, 0.2) is 0 Å². The quantitative estimate of drug-likeness (QED) is 0.724. The summed E-state index contributed by atoms with van der Waals surface area (Å²) in [6.45, 7) is 5.04. The summed E-state index contributed by atoms with van der Waals surface area (Å²) in [5.41, 5.74) is 5.69. The average Bonchev–Trinajstić information content (AvgIpc) is 2.72. The van der Waals surface area contributed by atoms with Gasteiger partial charge < -0.3 is 15.7 Å². The number of carbonyl (C=O) groups excluding carboxylic acids is 1. The lowest BCUT2D eigenvalue weighted by Crippen LogP contribution is -2.44. The topological polar surface area (TPSA) is 66.6 Å². The van der Waals surface area contributed by atoms with Crippen LogP contribution in [0.1, 0.15) is 33.1 Å². The second kappa shape index (κ2) is 6.21. The van der Waals surface area contributed by atoms with Crippen molar-refractivity contribution < 1.29 is 9.90 Å². The van der Waals surface area contributed by atoms with Crippen molar-refractivity contribution in [3.05, 3.63) is 0 Å². The van der Waals surface area contributed by atoms with E-state index in [-0.39, 0.29) is 24.5 Å². The predicted molar refractivity (Wildman–Crippen MR) is 63.8 cm³/mol. The maximum absolute atomic E-state index is 12.3. The molecule has 3 N–H and O–H groups in total. The van der Waals surface area contributed by atoms with Gasteiger partial charge in [-0.25, -0.2) is 0 Å². The second-order valence-corrected chi connectivity index (χ2v) is 4.88. The van der Waals surface area contributed by atoms with Crippen LogP contribution in [0.2, 0.25) is 0 Å². The smallest absolute Gasteiger partial charge is 0.226 e. The molecule has 0 aromatic heterocycles. The maximum Gasteiger partial charge on any atom is 0.226 e. The summed E-state index contributed by atoms with van der Waals surface area (Å²) in [5.74, 6) is 0.600. The number of carbonyl (C=O) groups is 1. The fraction of sp³-hybridized carbons (Fsp3) is 0.917. The van der Waals surface area contributed by atoms with Gasteiger partial charge in [-0.1, -0.05) is 6.42 Å². The third-order valence-corrected chi connectivity index (χ3v) is 3.53. The lowest BCUT2D eigenvalue weighted by atomic mass is 9.94. The highest BCUT2D eigenvalue weighted by atomic mass is 16.3. The fourth-order valence-electron chi connectivity index (χ4n) is 2.59. The van der Waals surface area contributed by atoms with E-state index in [2.05, 4.69) is 0 Å². The van der Waals surface area contributed by atoms with Crippen LogP contribution in [-0.2, 0) is 4.79 Å².